The number of nitrogens with one attached hydrogen (secondary N) is 2. The third-order valence-electron chi connectivity index (χ3n) is 7.68. The summed E-state index contributed by atoms with van der Waals surface area (Å²) in [5.74, 6) is -0.656. The van der Waals surface area contributed by atoms with Gasteiger partial charge in [-0.15, -0.1) is 0 Å². The molecular formula is C36H38Cl2N4O4Si. The highest BCUT2D eigenvalue weighted by Gasteiger charge is 2.50. The second-order valence-electron chi connectivity index (χ2n) is 12.0. The molecule has 3 aromatic carbocycles. The van der Waals surface area contributed by atoms with Gasteiger partial charge in [-0.25, -0.2) is 4.98 Å². The fourth-order valence-electron chi connectivity index (χ4n) is 5.32. The number of aromatic nitrogens is 1. The Labute approximate surface area is 286 Å². The molecule has 0 unspecified atom stereocenters. The maximum atomic E-state index is 13.1. The van der Waals surface area contributed by atoms with E-state index < -0.39 is 14.2 Å². The van der Waals surface area contributed by atoms with Gasteiger partial charge >= 0.3 is 0 Å². The van der Waals surface area contributed by atoms with Crippen LogP contribution in [0.15, 0.2) is 97.2 Å². The summed E-state index contributed by atoms with van der Waals surface area (Å²) in [5, 5.41) is 7.90. The first kappa shape index (κ1) is 35.6. The number of carbonyl (C=O) groups is 3. The molecule has 0 aliphatic heterocycles. The van der Waals surface area contributed by atoms with Crippen molar-refractivity contribution in [3.8, 4) is 0 Å². The molecule has 0 atom stereocenters. The van der Waals surface area contributed by atoms with Gasteiger partial charge in [-0.05, 0) is 51.3 Å². The second-order valence-corrected chi connectivity index (χ2v) is 17.1. The van der Waals surface area contributed by atoms with Crippen LogP contribution in [0.3, 0.4) is 0 Å². The predicted octanol–water partition coefficient (Wildman–Crippen LogP) is 6.22. The number of halogens is 2. The van der Waals surface area contributed by atoms with Gasteiger partial charge in [0, 0.05) is 36.8 Å². The first-order chi connectivity index (χ1) is 22.3. The molecule has 47 heavy (non-hydrogen) atoms. The van der Waals surface area contributed by atoms with E-state index in [-0.39, 0.29) is 30.0 Å². The third kappa shape index (κ3) is 8.55. The van der Waals surface area contributed by atoms with Gasteiger partial charge in [-0.3, -0.25) is 14.4 Å². The standard InChI is InChI=1S/C36H38Cl2N4O4Si/c1-25(43)41-32-20-16-26(22-39-32)17-21-33(44)40-23-34(45)42(5)31-19-18-30(37)29(35(31)38)24-46-47(36(2,3)4,27-12-8-6-9-13-27)28-14-10-7-11-15-28/h6-22H,23-24H2,1-5H3,(H,40,44)(H,39,41,43). The first-order valence-electron chi connectivity index (χ1n) is 15.0. The SMILES string of the molecule is CC(=O)Nc1ccc(C=CC(=O)NCC(=O)N(C)c2ccc(Cl)c(CO[Si](c3ccccc3)(c3ccccc3)C(C)(C)C)c2Cl)cn1. The Morgan fingerprint density at radius 3 is 2.06 bits per heavy atom. The van der Waals surface area contributed by atoms with Gasteiger partial charge in [0.2, 0.25) is 17.7 Å². The van der Waals surface area contributed by atoms with Gasteiger partial charge in [0.15, 0.2) is 0 Å². The molecule has 0 spiro atoms. The number of likely N-dealkylation sites (N-methyl/N-ethyl adjacent to an activating group) is 1. The molecule has 0 fully saturated rings. The Bertz CT molecular complexity index is 1710. The van der Waals surface area contributed by atoms with Crippen molar-refractivity contribution in [1.29, 1.82) is 0 Å². The zero-order valence-corrected chi connectivity index (χ0v) is 29.5. The van der Waals surface area contributed by atoms with Crippen molar-refractivity contribution in [2.24, 2.45) is 0 Å². The van der Waals surface area contributed by atoms with Crippen LogP contribution in [0.5, 0.6) is 0 Å². The Morgan fingerprint density at radius 2 is 1.53 bits per heavy atom. The van der Waals surface area contributed by atoms with Crippen LogP contribution in [0.2, 0.25) is 15.1 Å². The minimum absolute atomic E-state index is 0.128. The van der Waals surface area contributed by atoms with E-state index in [0.29, 0.717) is 32.7 Å². The quantitative estimate of drug-likeness (QED) is 0.144. The maximum absolute atomic E-state index is 13.1. The maximum Gasteiger partial charge on any atom is 0.261 e. The van der Waals surface area contributed by atoms with Crippen LogP contribution in [-0.2, 0) is 25.4 Å². The van der Waals surface area contributed by atoms with Crippen molar-refractivity contribution < 1.29 is 18.8 Å². The molecule has 244 valence electrons. The van der Waals surface area contributed by atoms with Crippen LogP contribution in [0, 0.1) is 0 Å². The van der Waals surface area contributed by atoms with Crippen molar-refractivity contribution in [3.63, 3.8) is 0 Å². The summed E-state index contributed by atoms with van der Waals surface area (Å²) < 4.78 is 7.05. The fourth-order valence-corrected chi connectivity index (χ4v) is 10.4. The first-order valence-corrected chi connectivity index (χ1v) is 17.7. The lowest BCUT2D eigenvalue weighted by atomic mass is 10.2. The van der Waals surface area contributed by atoms with E-state index >= 15 is 0 Å². The lowest BCUT2D eigenvalue weighted by molar-refractivity contribution is -0.122. The predicted molar refractivity (Wildman–Crippen MR) is 193 cm³/mol. The third-order valence-corrected chi connectivity index (χ3v) is 13.4. The van der Waals surface area contributed by atoms with Crippen molar-refractivity contribution in [3.05, 3.63) is 118 Å². The van der Waals surface area contributed by atoms with E-state index in [1.54, 1.807) is 37.4 Å². The largest absolute Gasteiger partial charge is 0.403 e. The topological polar surface area (TPSA) is 101 Å². The zero-order valence-electron chi connectivity index (χ0n) is 27.0. The smallest absolute Gasteiger partial charge is 0.261 e. The number of pyridine rings is 1. The summed E-state index contributed by atoms with van der Waals surface area (Å²) in [6.45, 7) is 7.83. The van der Waals surface area contributed by atoms with Crippen molar-refractivity contribution in [2.45, 2.75) is 39.3 Å². The number of carbonyl (C=O) groups excluding carboxylic acids is 3. The molecule has 1 heterocycles. The minimum Gasteiger partial charge on any atom is -0.403 e. The Balaban J connectivity index is 1.50. The number of rotatable bonds is 11. The Hall–Kier alpha value is -4.28. The minimum atomic E-state index is -2.88. The molecule has 0 saturated carbocycles. The van der Waals surface area contributed by atoms with Crippen LogP contribution in [0.4, 0.5) is 11.5 Å². The molecule has 8 nitrogen and oxygen atoms in total. The van der Waals surface area contributed by atoms with Crippen LogP contribution in [0.1, 0.15) is 38.8 Å². The van der Waals surface area contributed by atoms with Gasteiger partial charge in [0.1, 0.15) is 5.82 Å². The number of amides is 3. The number of hydrogen-bond donors (Lipinski definition) is 2. The van der Waals surface area contributed by atoms with E-state index in [1.807, 2.05) is 36.4 Å². The molecule has 0 aliphatic carbocycles. The van der Waals surface area contributed by atoms with Gasteiger partial charge in [-0.2, -0.15) is 0 Å². The van der Waals surface area contributed by atoms with Crippen LogP contribution >= 0.6 is 23.2 Å². The van der Waals surface area contributed by atoms with Crippen molar-refractivity contribution in [2.75, 3.05) is 23.8 Å². The number of hydrogen-bond acceptors (Lipinski definition) is 5. The highest BCUT2D eigenvalue weighted by Crippen LogP contribution is 2.40. The van der Waals surface area contributed by atoms with Gasteiger partial charge in [0.25, 0.3) is 8.32 Å². The summed E-state index contributed by atoms with van der Waals surface area (Å²) in [6, 6.07) is 27.2. The molecular weight excluding hydrogens is 651 g/mol. The Kier molecular flexibility index (Phi) is 11.8. The van der Waals surface area contributed by atoms with Crippen LogP contribution in [0.25, 0.3) is 6.08 Å². The summed E-state index contributed by atoms with van der Waals surface area (Å²) in [5.41, 5.74) is 1.67. The lowest BCUT2D eigenvalue weighted by Gasteiger charge is -2.43. The monoisotopic (exact) mass is 688 g/mol. The molecule has 0 bridgehead atoms. The molecule has 4 aromatic rings. The summed E-state index contributed by atoms with van der Waals surface area (Å²) >= 11 is 13.6. The number of benzene rings is 3. The average Bonchev–Trinajstić information content (AvgIpc) is 3.04. The summed E-state index contributed by atoms with van der Waals surface area (Å²) in [7, 11) is -1.29. The molecule has 3 amide bonds. The van der Waals surface area contributed by atoms with E-state index in [9.17, 15) is 14.4 Å². The van der Waals surface area contributed by atoms with E-state index in [2.05, 4.69) is 60.7 Å². The van der Waals surface area contributed by atoms with Crippen molar-refractivity contribution in [1.82, 2.24) is 10.3 Å². The van der Waals surface area contributed by atoms with Gasteiger partial charge in [0.05, 0.1) is 23.9 Å². The van der Waals surface area contributed by atoms with E-state index in [4.69, 9.17) is 27.6 Å². The lowest BCUT2D eigenvalue weighted by Crippen LogP contribution is -2.66. The molecule has 0 saturated heterocycles. The van der Waals surface area contributed by atoms with Crippen LogP contribution in [-0.4, -0.2) is 44.6 Å². The molecule has 11 heteroatoms. The highest BCUT2D eigenvalue weighted by atomic mass is 35.5. The van der Waals surface area contributed by atoms with Gasteiger partial charge in [-0.1, -0.05) is 105 Å². The number of nitrogens with zero attached hydrogens (tertiary/aromatic N) is 2. The van der Waals surface area contributed by atoms with Crippen LogP contribution < -0.4 is 25.9 Å². The van der Waals surface area contributed by atoms with Crippen molar-refractivity contribution >= 4 is 77.2 Å². The average molecular weight is 690 g/mol. The van der Waals surface area contributed by atoms with E-state index in [1.165, 1.54) is 24.1 Å². The Morgan fingerprint density at radius 1 is 0.915 bits per heavy atom. The second kappa shape index (κ2) is 15.5. The van der Waals surface area contributed by atoms with Gasteiger partial charge < -0.3 is 20.0 Å². The zero-order chi connectivity index (χ0) is 34.2. The van der Waals surface area contributed by atoms with E-state index in [0.717, 1.165) is 10.4 Å². The molecule has 0 radical (unpaired) electrons. The number of anilines is 2. The molecule has 0 aliphatic rings. The molecule has 2 N–H and O–H groups in total. The summed E-state index contributed by atoms with van der Waals surface area (Å²) in [4.78, 5) is 42.3. The normalized spacial score (nSPS) is 11.7. The molecule has 4 rings (SSSR count). The fraction of sp³-hybridized carbons (Fsp3) is 0.222. The summed E-state index contributed by atoms with van der Waals surface area (Å²) in [6.07, 6.45) is 4.38. The highest BCUT2D eigenvalue weighted by molar-refractivity contribution is 6.99. The molecule has 1 aromatic heterocycles.